The van der Waals surface area contributed by atoms with Crippen LogP contribution >= 0.6 is 11.3 Å². The second kappa shape index (κ2) is 5.88. The fourth-order valence-electron chi connectivity index (χ4n) is 1.27. The highest BCUT2D eigenvalue weighted by Gasteiger charge is 2.12. The van der Waals surface area contributed by atoms with E-state index in [0.29, 0.717) is 6.54 Å². The Kier molecular flexibility index (Phi) is 4.78. The van der Waals surface area contributed by atoms with Crippen molar-refractivity contribution in [2.45, 2.75) is 32.7 Å². The first-order valence-corrected chi connectivity index (χ1v) is 6.12. The molecule has 1 atom stereocenters. The Bertz CT molecular complexity index is 318. The van der Waals surface area contributed by atoms with Gasteiger partial charge in [0.25, 0.3) is 5.91 Å². The summed E-state index contributed by atoms with van der Waals surface area (Å²) in [6, 6.07) is 3.97. The monoisotopic (exact) mass is 226 g/mol. The zero-order valence-electron chi connectivity index (χ0n) is 9.25. The highest BCUT2D eigenvalue weighted by Crippen LogP contribution is 2.16. The molecule has 3 N–H and O–H groups in total. The van der Waals surface area contributed by atoms with Crippen molar-refractivity contribution in [3.05, 3.63) is 21.9 Å². The Balaban J connectivity index is 2.60. The van der Waals surface area contributed by atoms with Gasteiger partial charge in [-0.3, -0.25) is 4.79 Å². The molecule has 0 aliphatic rings. The molecule has 1 aromatic heterocycles. The van der Waals surface area contributed by atoms with Gasteiger partial charge in [-0.2, -0.15) is 0 Å². The maximum atomic E-state index is 11.7. The van der Waals surface area contributed by atoms with Crippen LogP contribution in [0, 0.1) is 0 Å². The lowest BCUT2D eigenvalue weighted by Crippen LogP contribution is -2.39. The van der Waals surface area contributed by atoms with Crippen molar-refractivity contribution in [3.63, 3.8) is 0 Å². The SMILES string of the molecule is CCc1ccc(C(=O)NC(CC)CN)s1. The van der Waals surface area contributed by atoms with Crippen molar-refractivity contribution < 1.29 is 4.79 Å². The highest BCUT2D eigenvalue weighted by atomic mass is 32.1. The van der Waals surface area contributed by atoms with E-state index in [1.165, 1.54) is 4.88 Å². The van der Waals surface area contributed by atoms with Crippen molar-refractivity contribution >= 4 is 17.2 Å². The highest BCUT2D eigenvalue weighted by molar-refractivity contribution is 7.14. The molecule has 0 bridgehead atoms. The third kappa shape index (κ3) is 3.32. The first kappa shape index (κ1) is 12.2. The van der Waals surface area contributed by atoms with E-state index in [-0.39, 0.29) is 11.9 Å². The Hall–Kier alpha value is -0.870. The average molecular weight is 226 g/mol. The number of thiophene rings is 1. The zero-order valence-corrected chi connectivity index (χ0v) is 10.1. The summed E-state index contributed by atoms with van der Waals surface area (Å²) in [7, 11) is 0. The molecule has 0 spiro atoms. The van der Waals surface area contributed by atoms with E-state index in [1.54, 1.807) is 11.3 Å². The number of rotatable bonds is 5. The Morgan fingerprint density at radius 1 is 1.53 bits per heavy atom. The number of hydrogen-bond acceptors (Lipinski definition) is 3. The molecule has 1 aromatic rings. The fraction of sp³-hybridized carbons (Fsp3) is 0.545. The summed E-state index contributed by atoms with van der Waals surface area (Å²) in [6.45, 7) is 4.60. The number of hydrogen-bond donors (Lipinski definition) is 2. The lowest BCUT2D eigenvalue weighted by atomic mass is 10.2. The summed E-state index contributed by atoms with van der Waals surface area (Å²) in [5.74, 6) is -0.00278. The van der Waals surface area contributed by atoms with Crippen LogP contribution < -0.4 is 11.1 Å². The Morgan fingerprint density at radius 2 is 2.27 bits per heavy atom. The lowest BCUT2D eigenvalue weighted by molar-refractivity contribution is 0.0941. The number of aryl methyl sites for hydroxylation is 1. The smallest absolute Gasteiger partial charge is 0.261 e. The minimum atomic E-state index is -0.00278. The largest absolute Gasteiger partial charge is 0.347 e. The van der Waals surface area contributed by atoms with Crippen LogP contribution in [0.15, 0.2) is 12.1 Å². The van der Waals surface area contributed by atoms with Gasteiger partial charge in [-0.15, -0.1) is 11.3 Å². The third-order valence-electron chi connectivity index (χ3n) is 2.35. The zero-order chi connectivity index (χ0) is 11.3. The predicted molar refractivity (Wildman–Crippen MR) is 64.3 cm³/mol. The summed E-state index contributed by atoms with van der Waals surface area (Å²) in [5.41, 5.74) is 5.53. The van der Waals surface area contributed by atoms with E-state index in [0.717, 1.165) is 17.7 Å². The molecule has 4 heteroatoms. The first-order chi connectivity index (χ1) is 7.21. The number of nitrogens with two attached hydrogens (primary N) is 1. The summed E-state index contributed by atoms with van der Waals surface area (Å²) in [5, 5.41) is 2.92. The van der Waals surface area contributed by atoms with Gasteiger partial charge in [0.2, 0.25) is 0 Å². The van der Waals surface area contributed by atoms with Crippen LogP contribution in [0.25, 0.3) is 0 Å². The quantitative estimate of drug-likeness (QED) is 0.804. The number of nitrogens with one attached hydrogen (secondary N) is 1. The second-order valence-corrected chi connectivity index (χ2v) is 4.60. The number of carbonyl (C=O) groups excluding carboxylic acids is 1. The molecule has 15 heavy (non-hydrogen) atoms. The van der Waals surface area contributed by atoms with Crippen molar-refractivity contribution in [3.8, 4) is 0 Å². The topological polar surface area (TPSA) is 55.1 Å². The van der Waals surface area contributed by atoms with Crippen molar-refractivity contribution in [2.24, 2.45) is 5.73 Å². The van der Waals surface area contributed by atoms with Gasteiger partial charge in [0.15, 0.2) is 0 Å². The molecule has 0 saturated heterocycles. The second-order valence-electron chi connectivity index (χ2n) is 3.43. The molecular formula is C11H18N2OS. The van der Waals surface area contributed by atoms with Crippen LogP contribution in [-0.2, 0) is 6.42 Å². The van der Waals surface area contributed by atoms with E-state index in [9.17, 15) is 4.79 Å². The molecule has 0 fully saturated rings. The van der Waals surface area contributed by atoms with Crippen molar-refractivity contribution in [1.82, 2.24) is 5.32 Å². The average Bonchev–Trinajstić information content (AvgIpc) is 2.74. The van der Waals surface area contributed by atoms with Gasteiger partial charge in [-0.05, 0) is 25.0 Å². The maximum absolute atomic E-state index is 11.7. The lowest BCUT2D eigenvalue weighted by Gasteiger charge is -2.13. The van der Waals surface area contributed by atoms with E-state index < -0.39 is 0 Å². The van der Waals surface area contributed by atoms with Gasteiger partial charge >= 0.3 is 0 Å². The Labute approximate surface area is 94.7 Å². The van der Waals surface area contributed by atoms with Crippen LogP contribution in [0.5, 0.6) is 0 Å². The Morgan fingerprint density at radius 3 is 2.73 bits per heavy atom. The maximum Gasteiger partial charge on any atom is 0.261 e. The molecule has 0 aliphatic carbocycles. The van der Waals surface area contributed by atoms with Crippen LogP contribution in [0.4, 0.5) is 0 Å². The standard InChI is InChI=1S/C11H18N2OS/c1-3-8(7-12)13-11(14)10-6-5-9(4-2)15-10/h5-6,8H,3-4,7,12H2,1-2H3,(H,13,14). The molecule has 0 aliphatic heterocycles. The summed E-state index contributed by atoms with van der Waals surface area (Å²) in [6.07, 6.45) is 1.85. The third-order valence-corrected chi connectivity index (χ3v) is 3.57. The van der Waals surface area contributed by atoms with Gasteiger partial charge in [-0.25, -0.2) is 0 Å². The molecule has 3 nitrogen and oxygen atoms in total. The minimum Gasteiger partial charge on any atom is -0.347 e. The molecule has 1 heterocycles. The molecule has 1 amide bonds. The van der Waals surface area contributed by atoms with E-state index in [1.807, 2.05) is 19.1 Å². The normalized spacial score (nSPS) is 12.5. The first-order valence-electron chi connectivity index (χ1n) is 5.30. The van der Waals surface area contributed by atoms with E-state index >= 15 is 0 Å². The van der Waals surface area contributed by atoms with Crippen LogP contribution in [0.1, 0.15) is 34.8 Å². The minimum absolute atomic E-state index is 0.00278. The molecule has 1 unspecified atom stereocenters. The summed E-state index contributed by atoms with van der Waals surface area (Å²) < 4.78 is 0. The predicted octanol–water partition coefficient (Wildman–Crippen LogP) is 1.78. The molecule has 0 aromatic carbocycles. The molecule has 84 valence electrons. The number of amides is 1. The van der Waals surface area contributed by atoms with Crippen LogP contribution in [0.3, 0.4) is 0 Å². The van der Waals surface area contributed by atoms with Crippen molar-refractivity contribution in [1.29, 1.82) is 0 Å². The van der Waals surface area contributed by atoms with Gasteiger partial charge in [-0.1, -0.05) is 13.8 Å². The van der Waals surface area contributed by atoms with Crippen molar-refractivity contribution in [2.75, 3.05) is 6.54 Å². The van der Waals surface area contributed by atoms with Gasteiger partial charge in [0.05, 0.1) is 4.88 Å². The van der Waals surface area contributed by atoms with E-state index in [2.05, 4.69) is 12.2 Å². The number of carbonyl (C=O) groups is 1. The van der Waals surface area contributed by atoms with Gasteiger partial charge < -0.3 is 11.1 Å². The summed E-state index contributed by atoms with van der Waals surface area (Å²) in [4.78, 5) is 13.8. The summed E-state index contributed by atoms with van der Waals surface area (Å²) >= 11 is 1.55. The van der Waals surface area contributed by atoms with Gasteiger partial charge in [0.1, 0.15) is 0 Å². The fourth-order valence-corrected chi connectivity index (χ4v) is 2.12. The molecular weight excluding hydrogens is 208 g/mol. The van der Waals surface area contributed by atoms with Crippen LogP contribution in [0.2, 0.25) is 0 Å². The van der Waals surface area contributed by atoms with Gasteiger partial charge in [0, 0.05) is 17.5 Å². The van der Waals surface area contributed by atoms with E-state index in [4.69, 9.17) is 5.73 Å². The molecule has 0 saturated carbocycles. The molecule has 0 radical (unpaired) electrons. The van der Waals surface area contributed by atoms with Crippen LogP contribution in [-0.4, -0.2) is 18.5 Å². The molecule has 1 rings (SSSR count).